The fourth-order valence-electron chi connectivity index (χ4n) is 1.90. The number of hydrazone groups is 1. The molecule has 18 heavy (non-hydrogen) atoms. The van der Waals surface area contributed by atoms with Crippen molar-refractivity contribution in [2.24, 2.45) is 5.10 Å². The number of para-hydroxylation sites is 1. The van der Waals surface area contributed by atoms with E-state index < -0.39 is 8.22 Å². The van der Waals surface area contributed by atoms with Crippen molar-refractivity contribution < 1.29 is 0 Å². The smallest absolute Gasteiger partial charge is 0.158 e. The zero-order valence-corrected chi connectivity index (χ0v) is 11.0. The summed E-state index contributed by atoms with van der Waals surface area (Å²) in [4.78, 5) is 0. The second-order valence-corrected chi connectivity index (χ2v) is 5.72. The molecule has 1 atom stereocenters. The second kappa shape index (κ2) is 4.79. The minimum absolute atomic E-state index is 0.488. The van der Waals surface area contributed by atoms with Crippen LogP contribution >= 0.6 is 8.22 Å². The molecular formula is C14H14N3P. The quantitative estimate of drug-likeness (QED) is 0.833. The number of hydrogen-bond donors (Lipinski definition) is 1. The van der Waals surface area contributed by atoms with Gasteiger partial charge in [0.2, 0.25) is 0 Å². The average molecular weight is 255 g/mol. The second-order valence-electron chi connectivity index (χ2n) is 4.08. The van der Waals surface area contributed by atoms with Crippen molar-refractivity contribution in [3.63, 3.8) is 0 Å². The van der Waals surface area contributed by atoms with Gasteiger partial charge >= 0.3 is 0 Å². The first-order valence-corrected chi connectivity index (χ1v) is 7.58. The lowest BCUT2D eigenvalue weighted by Gasteiger charge is -2.18. The van der Waals surface area contributed by atoms with E-state index in [4.69, 9.17) is 0 Å². The number of nitrogens with zero attached hydrogens (tertiary/aromatic N) is 2. The van der Waals surface area contributed by atoms with Gasteiger partial charge in [0.25, 0.3) is 0 Å². The Hall–Kier alpha value is -1.86. The van der Waals surface area contributed by atoms with Crippen molar-refractivity contribution in [2.75, 3.05) is 11.4 Å². The molecule has 1 unspecified atom stereocenters. The molecule has 0 aliphatic carbocycles. The maximum atomic E-state index is 4.68. The van der Waals surface area contributed by atoms with Gasteiger partial charge in [-0.2, -0.15) is 0 Å². The predicted molar refractivity (Wildman–Crippen MR) is 77.9 cm³/mol. The number of amidine groups is 1. The molecule has 2 aromatic carbocycles. The molecule has 0 spiro atoms. The van der Waals surface area contributed by atoms with Crippen LogP contribution in [-0.4, -0.2) is 12.5 Å². The van der Waals surface area contributed by atoms with E-state index in [1.165, 1.54) is 0 Å². The Balaban J connectivity index is 1.92. The first-order valence-electron chi connectivity index (χ1n) is 5.84. The van der Waals surface area contributed by atoms with Gasteiger partial charge in [-0.15, -0.1) is 5.10 Å². The molecule has 4 heteroatoms. The molecule has 90 valence electrons. The highest BCUT2D eigenvalue weighted by atomic mass is 31.1. The van der Waals surface area contributed by atoms with Gasteiger partial charge in [0, 0.05) is 5.56 Å². The molecule has 1 aliphatic rings. The van der Waals surface area contributed by atoms with E-state index in [0.717, 1.165) is 17.1 Å². The molecule has 2 aromatic rings. The van der Waals surface area contributed by atoms with Crippen LogP contribution in [0.4, 0.5) is 5.69 Å². The van der Waals surface area contributed by atoms with Crippen LogP contribution in [0, 0.1) is 0 Å². The molecule has 1 aliphatic heterocycles. The van der Waals surface area contributed by atoms with Crippen LogP contribution in [0.2, 0.25) is 0 Å². The van der Waals surface area contributed by atoms with Crippen LogP contribution in [0.15, 0.2) is 65.8 Å². The summed E-state index contributed by atoms with van der Waals surface area (Å²) in [6, 6.07) is 20.5. The Kier molecular flexibility index (Phi) is 2.99. The van der Waals surface area contributed by atoms with E-state index in [0.29, 0.717) is 0 Å². The maximum absolute atomic E-state index is 4.68. The Labute approximate surface area is 108 Å². The Morgan fingerprint density at radius 2 is 1.56 bits per heavy atom. The zero-order valence-electron chi connectivity index (χ0n) is 10.1. The number of rotatable bonds is 2. The lowest BCUT2D eigenvalue weighted by molar-refractivity contribution is 1.20. The van der Waals surface area contributed by atoms with Gasteiger partial charge < -0.3 is 5.09 Å². The topological polar surface area (TPSA) is 27.6 Å². The summed E-state index contributed by atoms with van der Waals surface area (Å²) < 4.78 is 2.07. The van der Waals surface area contributed by atoms with Crippen molar-refractivity contribution in [2.45, 2.75) is 0 Å². The molecule has 0 saturated carbocycles. The highest BCUT2D eigenvalue weighted by Gasteiger charge is 2.23. The fraction of sp³-hybridized carbons (Fsp3) is 0.0714. The molecule has 0 amide bonds. The van der Waals surface area contributed by atoms with Crippen LogP contribution in [0.5, 0.6) is 0 Å². The van der Waals surface area contributed by atoms with Gasteiger partial charge in [0.05, 0.1) is 5.69 Å². The summed E-state index contributed by atoms with van der Waals surface area (Å²) >= 11 is 0. The lowest BCUT2D eigenvalue weighted by atomic mass is 10.2. The monoisotopic (exact) mass is 255 g/mol. The van der Waals surface area contributed by atoms with E-state index >= 15 is 0 Å². The number of anilines is 1. The molecule has 0 bridgehead atoms. The number of nitrogens with one attached hydrogen (secondary N) is 1. The van der Waals surface area contributed by atoms with Crippen LogP contribution in [-0.2, 0) is 0 Å². The molecule has 0 saturated heterocycles. The Bertz CT molecular complexity index is 554. The van der Waals surface area contributed by atoms with E-state index in [9.17, 15) is 0 Å². The van der Waals surface area contributed by atoms with Gasteiger partial charge in [-0.3, -0.25) is 0 Å². The van der Waals surface area contributed by atoms with Gasteiger partial charge in [0.15, 0.2) is 5.84 Å². The van der Waals surface area contributed by atoms with Gasteiger partial charge in [-0.25, -0.2) is 4.78 Å². The van der Waals surface area contributed by atoms with Crippen LogP contribution in [0.1, 0.15) is 5.56 Å². The summed E-state index contributed by atoms with van der Waals surface area (Å²) in [6.45, 7) is 2.17. The summed E-state index contributed by atoms with van der Waals surface area (Å²) in [5, 5.41) is 8.14. The minimum Gasteiger partial charge on any atom is -0.329 e. The largest absolute Gasteiger partial charge is 0.329 e. The fourth-order valence-corrected chi connectivity index (χ4v) is 3.17. The molecule has 3 rings (SSSR count). The average Bonchev–Trinajstić information content (AvgIpc) is 2.83. The summed E-state index contributed by atoms with van der Waals surface area (Å²) in [6.07, 6.45) is 0. The van der Waals surface area contributed by atoms with Crippen molar-refractivity contribution in [1.29, 1.82) is 0 Å². The third kappa shape index (κ3) is 2.09. The molecule has 1 heterocycles. The lowest BCUT2D eigenvalue weighted by Crippen LogP contribution is -2.14. The maximum Gasteiger partial charge on any atom is 0.158 e. The van der Waals surface area contributed by atoms with E-state index in [1.807, 2.05) is 36.4 Å². The summed E-state index contributed by atoms with van der Waals surface area (Å²) in [5.41, 5.74) is 2.26. The normalized spacial score (nSPS) is 18.4. The summed E-state index contributed by atoms with van der Waals surface area (Å²) in [7, 11) is -0.488. The molecule has 0 aromatic heterocycles. The SMILES string of the molecule is CP1NC(c2ccccc2)=NN1c1ccccc1. The molecule has 0 radical (unpaired) electrons. The molecule has 1 N–H and O–H groups in total. The highest BCUT2D eigenvalue weighted by Crippen LogP contribution is 2.41. The summed E-state index contributed by atoms with van der Waals surface area (Å²) in [5.74, 6) is 0.952. The Morgan fingerprint density at radius 3 is 2.22 bits per heavy atom. The van der Waals surface area contributed by atoms with E-state index in [-0.39, 0.29) is 0 Å². The highest BCUT2D eigenvalue weighted by molar-refractivity contribution is 7.57. The van der Waals surface area contributed by atoms with Gasteiger partial charge in [0.1, 0.15) is 8.22 Å². The Morgan fingerprint density at radius 1 is 0.944 bits per heavy atom. The van der Waals surface area contributed by atoms with Crippen LogP contribution in [0.3, 0.4) is 0 Å². The van der Waals surface area contributed by atoms with Crippen molar-refractivity contribution in [3.8, 4) is 0 Å². The standard InChI is InChI=1S/C14H14N3P/c1-18-16-14(12-8-4-2-5-9-12)15-17(18)13-10-6-3-7-11-13/h2-11H,1H3,(H,15,16). The number of benzene rings is 2. The zero-order chi connectivity index (χ0) is 12.4. The van der Waals surface area contributed by atoms with Crippen LogP contribution in [0.25, 0.3) is 0 Å². The third-order valence-corrected chi connectivity index (χ3v) is 4.21. The van der Waals surface area contributed by atoms with Crippen molar-refractivity contribution in [1.82, 2.24) is 5.09 Å². The minimum atomic E-state index is -0.488. The van der Waals surface area contributed by atoms with E-state index in [1.54, 1.807) is 0 Å². The first kappa shape index (κ1) is 11.2. The molecule has 0 fully saturated rings. The third-order valence-electron chi connectivity index (χ3n) is 2.78. The predicted octanol–water partition coefficient (Wildman–Crippen LogP) is 3.40. The van der Waals surface area contributed by atoms with Crippen LogP contribution < -0.4 is 9.87 Å². The first-order chi connectivity index (χ1) is 8.84. The van der Waals surface area contributed by atoms with Gasteiger partial charge in [-0.05, 0) is 18.8 Å². The molecule has 3 nitrogen and oxygen atoms in total. The van der Waals surface area contributed by atoms with Gasteiger partial charge in [-0.1, -0.05) is 48.5 Å². The van der Waals surface area contributed by atoms with E-state index in [2.05, 4.69) is 45.9 Å². The van der Waals surface area contributed by atoms with Crippen molar-refractivity contribution in [3.05, 3.63) is 66.2 Å². The molecular weight excluding hydrogens is 241 g/mol. The number of hydrogen-bond acceptors (Lipinski definition) is 3. The van der Waals surface area contributed by atoms with Crippen molar-refractivity contribution >= 4 is 19.7 Å².